The van der Waals surface area contributed by atoms with Crippen molar-refractivity contribution in [3.05, 3.63) is 35.2 Å². The highest BCUT2D eigenvalue weighted by atomic mass is 16.6. The third kappa shape index (κ3) is 3.53. The monoisotopic (exact) mass is 372 g/mol. The van der Waals surface area contributed by atoms with Gasteiger partial charge in [-0.3, -0.25) is 4.79 Å². The molecule has 3 aromatic rings. The molecule has 0 aliphatic carbocycles. The molecule has 0 fully saturated rings. The normalized spacial score (nSPS) is 11.4. The molecule has 3 rings (SSSR count). The average Bonchev–Trinajstić information content (AvgIpc) is 3.22. The van der Waals surface area contributed by atoms with Crippen LogP contribution >= 0.6 is 0 Å². The van der Waals surface area contributed by atoms with Gasteiger partial charge in [-0.2, -0.15) is 9.78 Å². The summed E-state index contributed by atoms with van der Waals surface area (Å²) < 4.78 is 5.84. The lowest BCUT2D eigenvalue weighted by Crippen LogP contribution is -2.21. The van der Waals surface area contributed by atoms with E-state index in [-0.39, 0.29) is 34.7 Å². The molecular weight excluding hydrogens is 356 g/mol. The second-order valence-corrected chi connectivity index (χ2v) is 5.81. The molecule has 2 heterocycles. The van der Waals surface area contributed by atoms with Gasteiger partial charge in [-0.25, -0.2) is 10.1 Å². The van der Waals surface area contributed by atoms with E-state index in [9.17, 15) is 15.0 Å². The van der Waals surface area contributed by atoms with Crippen molar-refractivity contribution in [2.45, 2.75) is 19.8 Å². The first kappa shape index (κ1) is 17.8. The Morgan fingerprint density at radius 1 is 1.37 bits per heavy atom. The summed E-state index contributed by atoms with van der Waals surface area (Å²) in [6, 6.07) is 3.97. The molecule has 0 aliphatic heterocycles. The van der Waals surface area contributed by atoms with Crippen LogP contribution in [0.5, 0.6) is 11.5 Å². The minimum absolute atomic E-state index is 0.00887. The number of carbonyl (C=O) groups excluding carboxylic acids is 1. The van der Waals surface area contributed by atoms with Crippen LogP contribution in [-0.4, -0.2) is 47.6 Å². The van der Waals surface area contributed by atoms with Crippen molar-refractivity contribution in [2.75, 3.05) is 5.73 Å². The zero-order valence-electron chi connectivity index (χ0n) is 14.4. The minimum atomic E-state index is -0.616. The number of nitrogens with one attached hydrogen (secondary N) is 1. The Labute approximate surface area is 152 Å². The second-order valence-electron chi connectivity index (χ2n) is 5.81. The van der Waals surface area contributed by atoms with E-state index < -0.39 is 5.91 Å². The van der Waals surface area contributed by atoms with Crippen molar-refractivity contribution in [2.24, 2.45) is 5.10 Å². The molecule has 0 atom stereocenters. The molecule has 1 amide bonds. The molecule has 0 bridgehead atoms. The van der Waals surface area contributed by atoms with Gasteiger partial charge in [-0.15, -0.1) is 5.10 Å². The summed E-state index contributed by atoms with van der Waals surface area (Å²) in [4.78, 5) is 12.4. The zero-order valence-corrected chi connectivity index (χ0v) is 14.4. The number of rotatable bonds is 5. The lowest BCUT2D eigenvalue weighted by molar-refractivity contribution is 0.0948. The fraction of sp³-hybridized carbons (Fsp3) is 0.200. The number of hydrogen-bond acceptors (Lipinski definition) is 10. The van der Waals surface area contributed by atoms with E-state index >= 15 is 0 Å². The number of hydrogen-bond donors (Lipinski definition) is 4. The summed E-state index contributed by atoms with van der Waals surface area (Å²) in [7, 11) is 0. The van der Waals surface area contributed by atoms with Crippen molar-refractivity contribution in [1.29, 1.82) is 0 Å². The Morgan fingerprint density at radius 3 is 2.78 bits per heavy atom. The Kier molecular flexibility index (Phi) is 4.70. The molecule has 1 aromatic carbocycles. The van der Waals surface area contributed by atoms with Gasteiger partial charge < -0.3 is 15.9 Å². The van der Waals surface area contributed by atoms with Crippen molar-refractivity contribution in [1.82, 2.24) is 30.7 Å². The minimum Gasteiger partial charge on any atom is -0.508 e. The number of nitrogens with zero attached hydrogens (tertiary/aromatic N) is 6. The molecule has 5 N–H and O–H groups in total. The second kappa shape index (κ2) is 7.11. The lowest BCUT2D eigenvalue weighted by atomic mass is 10.1. The summed E-state index contributed by atoms with van der Waals surface area (Å²) in [5.41, 5.74) is 8.76. The molecule has 12 heteroatoms. The van der Waals surface area contributed by atoms with E-state index in [2.05, 4.69) is 35.8 Å². The van der Waals surface area contributed by atoms with Gasteiger partial charge in [-0.1, -0.05) is 19.1 Å². The maximum absolute atomic E-state index is 12.4. The van der Waals surface area contributed by atoms with Gasteiger partial charge in [0.05, 0.1) is 11.9 Å². The first-order chi connectivity index (χ1) is 12.9. The van der Waals surface area contributed by atoms with Crippen LogP contribution in [0.4, 0.5) is 5.82 Å². The number of hydrazone groups is 1. The SMILES string of the molecule is CC(C)c1c(C(=O)NN=Cc2ccc(O)cc2O)nnn1-c1nonc1N. The number of nitrogen functional groups attached to an aromatic ring is 1. The first-order valence-corrected chi connectivity index (χ1v) is 7.78. The van der Waals surface area contributed by atoms with Crippen LogP contribution < -0.4 is 11.2 Å². The highest BCUT2D eigenvalue weighted by Gasteiger charge is 2.25. The average molecular weight is 372 g/mol. The number of aromatic hydroxyl groups is 2. The summed E-state index contributed by atoms with van der Waals surface area (Å²) in [6.07, 6.45) is 1.23. The van der Waals surface area contributed by atoms with E-state index in [0.717, 1.165) is 6.07 Å². The highest BCUT2D eigenvalue weighted by molar-refractivity contribution is 5.94. The highest BCUT2D eigenvalue weighted by Crippen LogP contribution is 2.23. The summed E-state index contributed by atoms with van der Waals surface area (Å²) in [6.45, 7) is 3.68. The predicted octanol–water partition coefficient (Wildman–Crippen LogP) is 0.531. The Balaban J connectivity index is 1.84. The number of phenolic OH excluding ortho intramolecular Hbond substituents is 2. The van der Waals surface area contributed by atoms with Crippen molar-refractivity contribution < 1.29 is 19.6 Å². The van der Waals surface area contributed by atoms with Crippen LogP contribution in [0.25, 0.3) is 5.82 Å². The lowest BCUT2D eigenvalue weighted by Gasteiger charge is -2.08. The van der Waals surface area contributed by atoms with Crippen LogP contribution in [0.3, 0.4) is 0 Å². The third-order valence-electron chi connectivity index (χ3n) is 3.55. The van der Waals surface area contributed by atoms with E-state index in [4.69, 9.17) is 5.73 Å². The fourth-order valence-electron chi connectivity index (χ4n) is 2.32. The molecule has 2 aromatic heterocycles. The maximum atomic E-state index is 12.4. The largest absolute Gasteiger partial charge is 0.508 e. The molecule has 0 saturated heterocycles. The van der Waals surface area contributed by atoms with Crippen molar-refractivity contribution >= 4 is 17.9 Å². The van der Waals surface area contributed by atoms with E-state index in [0.29, 0.717) is 11.3 Å². The van der Waals surface area contributed by atoms with Gasteiger partial charge in [0.25, 0.3) is 5.91 Å². The molecule has 0 radical (unpaired) electrons. The summed E-state index contributed by atoms with van der Waals surface area (Å²) >= 11 is 0. The number of benzene rings is 1. The van der Waals surface area contributed by atoms with Crippen LogP contribution in [0.1, 0.15) is 41.5 Å². The summed E-state index contributed by atoms with van der Waals surface area (Å²) in [5, 5.41) is 37.7. The number of nitrogens with two attached hydrogens (primary N) is 1. The standard InChI is InChI=1S/C15H16N8O4/c1-7(2)12-11(18-22-23(12)14-13(16)20-27-21-14)15(26)19-17-6-8-3-4-9(24)5-10(8)25/h3-7,24-25H,1-2H3,(H2,16,20)(H,19,26). The molecule has 140 valence electrons. The van der Waals surface area contributed by atoms with E-state index in [1.807, 2.05) is 13.8 Å². The van der Waals surface area contributed by atoms with E-state index in [1.165, 1.54) is 23.0 Å². The first-order valence-electron chi connectivity index (χ1n) is 7.78. The third-order valence-corrected chi connectivity index (χ3v) is 3.55. The number of amides is 1. The summed E-state index contributed by atoms with van der Waals surface area (Å²) in [5.74, 6) is -0.905. The topological polar surface area (TPSA) is 178 Å². The Morgan fingerprint density at radius 2 is 2.15 bits per heavy atom. The van der Waals surface area contributed by atoms with Gasteiger partial charge >= 0.3 is 0 Å². The predicted molar refractivity (Wildman–Crippen MR) is 92.5 cm³/mol. The van der Waals surface area contributed by atoms with Crippen LogP contribution in [0.2, 0.25) is 0 Å². The molecule has 0 unspecified atom stereocenters. The van der Waals surface area contributed by atoms with E-state index in [1.54, 1.807) is 0 Å². The fourth-order valence-corrected chi connectivity index (χ4v) is 2.32. The molecule has 12 nitrogen and oxygen atoms in total. The van der Waals surface area contributed by atoms with Gasteiger partial charge in [0.1, 0.15) is 11.5 Å². The van der Waals surface area contributed by atoms with Gasteiger partial charge in [0.15, 0.2) is 5.69 Å². The quantitative estimate of drug-likeness (QED) is 0.367. The maximum Gasteiger partial charge on any atom is 0.293 e. The van der Waals surface area contributed by atoms with Crippen molar-refractivity contribution in [3.8, 4) is 17.3 Å². The zero-order chi connectivity index (χ0) is 19.6. The Bertz CT molecular complexity index is 1010. The van der Waals surface area contributed by atoms with Gasteiger partial charge in [0.2, 0.25) is 11.6 Å². The molecule has 0 aliphatic rings. The van der Waals surface area contributed by atoms with Crippen LogP contribution in [-0.2, 0) is 0 Å². The number of carbonyl (C=O) groups is 1. The van der Waals surface area contributed by atoms with Gasteiger partial charge in [-0.05, 0) is 28.4 Å². The molecule has 27 heavy (non-hydrogen) atoms. The van der Waals surface area contributed by atoms with Crippen molar-refractivity contribution in [3.63, 3.8) is 0 Å². The van der Waals surface area contributed by atoms with Gasteiger partial charge in [0, 0.05) is 11.6 Å². The molecule has 0 spiro atoms. The van der Waals surface area contributed by atoms with Crippen LogP contribution in [0, 0.1) is 0 Å². The number of aromatic nitrogens is 5. The van der Waals surface area contributed by atoms with Crippen LogP contribution in [0.15, 0.2) is 27.9 Å². The molecule has 0 saturated carbocycles. The smallest absolute Gasteiger partial charge is 0.293 e. The molecular formula is C15H16N8O4. The Hall–Kier alpha value is -3.96. The number of phenols is 2. The number of anilines is 1.